The Kier molecular flexibility index (Phi) is 4.18. The van der Waals surface area contributed by atoms with E-state index in [-0.39, 0.29) is 16.0 Å². The maximum atomic E-state index is 11.9. The van der Waals surface area contributed by atoms with Crippen molar-refractivity contribution < 1.29 is 17.9 Å². The van der Waals surface area contributed by atoms with Crippen LogP contribution in [-0.4, -0.2) is 11.3 Å². The number of alkyl halides is 3. The molecule has 84 valence electrons. The molecule has 1 aromatic heterocycles. The summed E-state index contributed by atoms with van der Waals surface area (Å²) in [6.45, 7) is 0.142. The second kappa shape index (κ2) is 4.83. The van der Waals surface area contributed by atoms with Crippen LogP contribution in [0.5, 0.6) is 5.75 Å². The fourth-order valence-electron chi connectivity index (χ4n) is 0.824. The van der Waals surface area contributed by atoms with E-state index in [4.69, 9.17) is 5.73 Å². The molecule has 3 nitrogen and oxygen atoms in total. The zero-order valence-electron chi connectivity index (χ0n) is 7.11. The first kappa shape index (κ1) is 13.0. The number of nitrogens with two attached hydrogens (primary N) is 1. The molecule has 1 rings (SSSR count). The van der Waals surface area contributed by atoms with Gasteiger partial charge in [0.05, 0.1) is 5.69 Å². The van der Waals surface area contributed by atoms with Gasteiger partial charge in [0, 0.05) is 11.0 Å². The number of hydrogen-bond acceptors (Lipinski definition) is 3. The Morgan fingerprint density at radius 2 is 2.13 bits per heavy atom. The van der Waals surface area contributed by atoms with Gasteiger partial charge in [-0.2, -0.15) is 0 Å². The third kappa shape index (κ3) is 3.76. The minimum atomic E-state index is -4.72. The second-order valence-corrected chi connectivity index (χ2v) is 4.33. The molecular formula is C7H5BrF3IN2O. The largest absolute Gasteiger partial charge is 0.573 e. The standard InChI is InChI=1S/C7H5BrF3IN2O/c8-3-1-5(15-7(9,10)11)6(12)14-4(3)2-13/h1H,2,13H2. The smallest absolute Gasteiger partial charge is 0.403 e. The van der Waals surface area contributed by atoms with Gasteiger partial charge in [0.15, 0.2) is 5.75 Å². The molecule has 0 aliphatic heterocycles. The summed E-state index contributed by atoms with van der Waals surface area (Å²) in [6, 6.07) is 1.20. The van der Waals surface area contributed by atoms with Crippen molar-refractivity contribution in [3.63, 3.8) is 0 Å². The summed E-state index contributed by atoms with van der Waals surface area (Å²) in [4.78, 5) is 3.87. The minimum Gasteiger partial charge on any atom is -0.403 e. The molecule has 0 aliphatic carbocycles. The number of rotatable bonds is 2. The summed E-state index contributed by atoms with van der Waals surface area (Å²) in [7, 11) is 0. The average molecular weight is 397 g/mol. The van der Waals surface area contributed by atoms with Crippen molar-refractivity contribution in [1.29, 1.82) is 0 Å². The molecule has 0 spiro atoms. The van der Waals surface area contributed by atoms with Gasteiger partial charge in [-0.05, 0) is 44.6 Å². The summed E-state index contributed by atoms with van der Waals surface area (Å²) in [5.41, 5.74) is 5.82. The molecule has 0 saturated carbocycles. The molecule has 0 unspecified atom stereocenters. The number of halogens is 5. The zero-order valence-corrected chi connectivity index (χ0v) is 10.9. The van der Waals surface area contributed by atoms with Crippen molar-refractivity contribution in [2.45, 2.75) is 12.9 Å². The zero-order chi connectivity index (χ0) is 11.6. The predicted octanol–water partition coefficient (Wildman–Crippen LogP) is 2.81. The lowest BCUT2D eigenvalue weighted by molar-refractivity contribution is -0.275. The second-order valence-electron chi connectivity index (χ2n) is 2.46. The topological polar surface area (TPSA) is 48.1 Å². The fraction of sp³-hybridized carbons (Fsp3) is 0.286. The van der Waals surface area contributed by atoms with Gasteiger partial charge < -0.3 is 10.5 Å². The molecule has 8 heteroatoms. The lowest BCUT2D eigenvalue weighted by Gasteiger charge is -2.11. The molecule has 2 N–H and O–H groups in total. The normalized spacial score (nSPS) is 11.6. The molecule has 0 aromatic carbocycles. The molecule has 0 aliphatic rings. The Labute approximate surface area is 105 Å². The number of aromatic nitrogens is 1. The van der Waals surface area contributed by atoms with Gasteiger partial charge in [-0.1, -0.05) is 0 Å². The van der Waals surface area contributed by atoms with Crippen molar-refractivity contribution in [1.82, 2.24) is 4.98 Å². The van der Waals surface area contributed by atoms with Crippen LogP contribution < -0.4 is 10.5 Å². The Hall–Kier alpha value is -0.0900. The highest BCUT2D eigenvalue weighted by Gasteiger charge is 2.32. The summed E-state index contributed by atoms with van der Waals surface area (Å²) >= 11 is 4.71. The maximum absolute atomic E-state index is 11.9. The van der Waals surface area contributed by atoms with E-state index in [0.717, 1.165) is 0 Å². The lowest BCUT2D eigenvalue weighted by atomic mass is 10.3. The molecule has 15 heavy (non-hydrogen) atoms. The monoisotopic (exact) mass is 396 g/mol. The summed E-state index contributed by atoms with van der Waals surface area (Å²) < 4.78 is 40.1. The third-order valence-corrected chi connectivity index (χ3v) is 2.85. The predicted molar refractivity (Wildman–Crippen MR) is 59.2 cm³/mol. The van der Waals surface area contributed by atoms with Gasteiger partial charge in [0.2, 0.25) is 0 Å². The minimum absolute atomic E-state index is 0.119. The van der Waals surface area contributed by atoms with Crippen LogP contribution in [0.2, 0.25) is 0 Å². The SMILES string of the molecule is NCc1nc(I)c(OC(F)(F)F)cc1Br. The number of ether oxygens (including phenoxy) is 1. The number of hydrogen-bond donors (Lipinski definition) is 1. The Morgan fingerprint density at radius 3 is 2.60 bits per heavy atom. The molecule has 0 radical (unpaired) electrons. The first-order valence-corrected chi connectivity index (χ1v) is 5.51. The molecule has 1 aromatic rings. The maximum Gasteiger partial charge on any atom is 0.573 e. The van der Waals surface area contributed by atoms with Gasteiger partial charge in [0.1, 0.15) is 3.70 Å². The van der Waals surface area contributed by atoms with Crippen LogP contribution in [0.1, 0.15) is 5.69 Å². The van der Waals surface area contributed by atoms with Gasteiger partial charge in [-0.15, -0.1) is 13.2 Å². The van der Waals surface area contributed by atoms with Crippen LogP contribution in [0.25, 0.3) is 0 Å². The molecule has 1 heterocycles. The van der Waals surface area contributed by atoms with Gasteiger partial charge in [-0.25, -0.2) is 4.98 Å². The first-order valence-electron chi connectivity index (χ1n) is 3.64. The van der Waals surface area contributed by atoms with E-state index >= 15 is 0 Å². The van der Waals surface area contributed by atoms with Crippen LogP contribution in [0, 0.1) is 3.70 Å². The van der Waals surface area contributed by atoms with E-state index in [1.165, 1.54) is 6.07 Å². The van der Waals surface area contributed by atoms with Crippen LogP contribution in [0.15, 0.2) is 10.5 Å². The molecular weight excluding hydrogens is 392 g/mol. The van der Waals surface area contributed by atoms with Crippen molar-refractivity contribution in [3.8, 4) is 5.75 Å². The number of pyridine rings is 1. The summed E-state index contributed by atoms with van der Waals surface area (Å²) in [5.74, 6) is -0.341. The van der Waals surface area contributed by atoms with Crippen molar-refractivity contribution >= 4 is 38.5 Å². The first-order chi connectivity index (χ1) is 6.83. The molecule has 0 saturated heterocycles. The van der Waals surface area contributed by atoms with Gasteiger partial charge in [0.25, 0.3) is 0 Å². The Morgan fingerprint density at radius 1 is 1.53 bits per heavy atom. The van der Waals surface area contributed by atoms with E-state index in [1.54, 1.807) is 22.6 Å². The van der Waals surface area contributed by atoms with E-state index in [2.05, 4.69) is 25.7 Å². The number of nitrogens with zero attached hydrogens (tertiary/aromatic N) is 1. The van der Waals surface area contributed by atoms with Gasteiger partial charge in [-0.3, -0.25) is 0 Å². The molecule has 0 fully saturated rings. The van der Waals surface area contributed by atoms with Crippen molar-refractivity contribution in [2.24, 2.45) is 5.73 Å². The summed E-state index contributed by atoms with van der Waals surface area (Å²) in [6.07, 6.45) is -4.72. The third-order valence-electron chi connectivity index (χ3n) is 1.39. The highest BCUT2D eigenvalue weighted by molar-refractivity contribution is 14.1. The van der Waals surface area contributed by atoms with Gasteiger partial charge >= 0.3 is 6.36 Å². The lowest BCUT2D eigenvalue weighted by Crippen LogP contribution is -2.18. The van der Waals surface area contributed by atoms with E-state index < -0.39 is 6.36 Å². The van der Waals surface area contributed by atoms with Crippen LogP contribution in [0.3, 0.4) is 0 Å². The highest BCUT2D eigenvalue weighted by Crippen LogP contribution is 2.30. The molecule has 0 bridgehead atoms. The van der Waals surface area contributed by atoms with Crippen molar-refractivity contribution in [3.05, 3.63) is 19.9 Å². The molecule has 0 amide bonds. The highest BCUT2D eigenvalue weighted by atomic mass is 127. The quantitative estimate of drug-likeness (QED) is 0.617. The Bertz CT molecular complexity index is 372. The summed E-state index contributed by atoms with van der Waals surface area (Å²) in [5, 5.41) is 0. The van der Waals surface area contributed by atoms with E-state index in [9.17, 15) is 13.2 Å². The Balaban J connectivity index is 3.05. The average Bonchev–Trinajstić information content (AvgIpc) is 2.08. The van der Waals surface area contributed by atoms with Crippen LogP contribution in [-0.2, 0) is 6.54 Å². The van der Waals surface area contributed by atoms with Crippen LogP contribution >= 0.6 is 38.5 Å². The van der Waals surface area contributed by atoms with Crippen LogP contribution in [0.4, 0.5) is 13.2 Å². The van der Waals surface area contributed by atoms with Crippen molar-refractivity contribution in [2.75, 3.05) is 0 Å². The fourth-order valence-corrected chi connectivity index (χ4v) is 1.84. The molecule has 0 atom stereocenters. The van der Waals surface area contributed by atoms with E-state index in [0.29, 0.717) is 10.2 Å². The van der Waals surface area contributed by atoms with E-state index in [1.807, 2.05) is 0 Å².